The van der Waals surface area contributed by atoms with Crippen LogP contribution in [0.4, 0.5) is 0 Å². The highest BCUT2D eigenvalue weighted by molar-refractivity contribution is 7.80. The smallest absolute Gasteiger partial charge is 0.163 e. The van der Waals surface area contributed by atoms with Crippen molar-refractivity contribution in [2.24, 2.45) is 0 Å². The third-order valence-electron chi connectivity index (χ3n) is 2.80. The number of ketones is 1. The highest BCUT2D eigenvalue weighted by Crippen LogP contribution is 2.32. The van der Waals surface area contributed by atoms with E-state index >= 15 is 0 Å². The van der Waals surface area contributed by atoms with E-state index < -0.39 is 0 Å². The number of rotatable bonds is 2. The highest BCUT2D eigenvalue weighted by atomic mass is 32.1. The number of furan rings is 1. The van der Waals surface area contributed by atoms with Gasteiger partial charge in [0.1, 0.15) is 11.5 Å². The Morgan fingerprint density at radius 1 is 1.29 bits per heavy atom. The van der Waals surface area contributed by atoms with E-state index in [0.29, 0.717) is 17.1 Å². The lowest BCUT2D eigenvalue weighted by molar-refractivity contribution is 0.101. The Kier molecular flexibility index (Phi) is 3.11. The van der Waals surface area contributed by atoms with Crippen LogP contribution in [-0.4, -0.2) is 5.78 Å². The Hall–Kier alpha value is -1.48. The first kappa shape index (κ1) is 12.0. The van der Waals surface area contributed by atoms with Crippen LogP contribution in [0.1, 0.15) is 28.6 Å². The summed E-state index contributed by atoms with van der Waals surface area (Å²) in [5.41, 5.74) is 2.64. The second-order valence-corrected chi connectivity index (χ2v) is 4.55. The van der Waals surface area contributed by atoms with Crippen LogP contribution in [0.2, 0.25) is 0 Å². The normalized spacial score (nSPS) is 10.6. The van der Waals surface area contributed by atoms with Crippen molar-refractivity contribution in [2.75, 3.05) is 0 Å². The molecule has 1 aromatic heterocycles. The van der Waals surface area contributed by atoms with Gasteiger partial charge >= 0.3 is 0 Å². The number of benzene rings is 1. The fourth-order valence-corrected chi connectivity index (χ4v) is 2.08. The van der Waals surface area contributed by atoms with E-state index in [4.69, 9.17) is 4.42 Å². The van der Waals surface area contributed by atoms with Gasteiger partial charge in [-0.15, -0.1) is 12.6 Å². The van der Waals surface area contributed by atoms with E-state index in [0.717, 1.165) is 16.0 Å². The van der Waals surface area contributed by atoms with E-state index in [1.807, 2.05) is 25.1 Å². The zero-order valence-electron chi connectivity index (χ0n) is 10.1. The molecule has 0 amide bonds. The molecule has 2 aromatic rings. The molecule has 0 unspecified atom stereocenters. The van der Waals surface area contributed by atoms with E-state index in [1.54, 1.807) is 19.9 Å². The molecule has 0 atom stereocenters. The molecule has 0 aliphatic rings. The molecule has 1 aromatic carbocycles. The summed E-state index contributed by atoms with van der Waals surface area (Å²) in [4.78, 5) is 12.3. The summed E-state index contributed by atoms with van der Waals surface area (Å²) in [7, 11) is 0. The number of hydrogen-bond donors (Lipinski definition) is 1. The molecule has 0 aliphatic carbocycles. The molecule has 88 valence electrons. The second-order valence-electron chi connectivity index (χ2n) is 4.11. The van der Waals surface area contributed by atoms with E-state index in [1.165, 1.54) is 0 Å². The Labute approximate surface area is 106 Å². The molecule has 0 N–H and O–H groups in total. The van der Waals surface area contributed by atoms with Gasteiger partial charge in [-0.2, -0.15) is 0 Å². The molecule has 0 radical (unpaired) electrons. The number of Topliss-reactive ketones (excluding diaryl/α,β-unsaturated/α-hetero) is 1. The van der Waals surface area contributed by atoms with Gasteiger partial charge < -0.3 is 4.42 Å². The zero-order chi connectivity index (χ0) is 12.6. The molecule has 0 saturated heterocycles. The number of aryl methyl sites for hydroxylation is 2. The minimum absolute atomic E-state index is 0.0193. The van der Waals surface area contributed by atoms with Crippen molar-refractivity contribution < 1.29 is 9.21 Å². The highest BCUT2D eigenvalue weighted by Gasteiger charge is 2.14. The van der Waals surface area contributed by atoms with Crippen molar-refractivity contribution in [1.29, 1.82) is 0 Å². The second kappa shape index (κ2) is 4.41. The molecular weight excluding hydrogens is 232 g/mol. The first-order valence-corrected chi connectivity index (χ1v) is 5.85. The summed E-state index contributed by atoms with van der Waals surface area (Å²) in [6.07, 6.45) is 0. The van der Waals surface area contributed by atoms with Gasteiger partial charge in [-0.05, 0) is 32.4 Å². The van der Waals surface area contributed by atoms with Crippen LogP contribution < -0.4 is 0 Å². The molecule has 1 heterocycles. The summed E-state index contributed by atoms with van der Waals surface area (Å²) in [6, 6.07) is 7.67. The maximum atomic E-state index is 11.4. The predicted octanol–water partition coefficient (Wildman–Crippen LogP) is 4.05. The molecule has 2 nitrogen and oxygen atoms in total. The van der Waals surface area contributed by atoms with Gasteiger partial charge in [0.05, 0.1) is 5.56 Å². The molecule has 3 heteroatoms. The van der Waals surface area contributed by atoms with Gasteiger partial charge in [-0.3, -0.25) is 4.79 Å². The van der Waals surface area contributed by atoms with Crippen LogP contribution in [-0.2, 0) is 0 Å². The monoisotopic (exact) mass is 246 g/mol. The molecule has 2 rings (SSSR count). The van der Waals surface area contributed by atoms with Crippen LogP contribution in [0.15, 0.2) is 33.6 Å². The SMILES string of the molecule is CC(=O)c1cc(-c2cccc(C)c2S)oc1C. The number of carbonyl (C=O) groups is 1. The Balaban J connectivity index is 2.58. The number of thiol groups is 1. The van der Waals surface area contributed by atoms with Crippen LogP contribution >= 0.6 is 12.6 Å². The van der Waals surface area contributed by atoms with Gasteiger partial charge in [0.15, 0.2) is 5.78 Å². The molecule has 0 saturated carbocycles. The minimum atomic E-state index is 0.0193. The van der Waals surface area contributed by atoms with Crippen LogP contribution in [0.3, 0.4) is 0 Å². The zero-order valence-corrected chi connectivity index (χ0v) is 11.0. The van der Waals surface area contributed by atoms with Gasteiger partial charge in [0.25, 0.3) is 0 Å². The molecule has 0 aliphatic heterocycles. The number of carbonyl (C=O) groups excluding carboxylic acids is 1. The third-order valence-corrected chi connectivity index (χ3v) is 3.39. The Bertz CT molecular complexity index is 582. The Morgan fingerprint density at radius 3 is 2.59 bits per heavy atom. The van der Waals surface area contributed by atoms with Crippen molar-refractivity contribution in [2.45, 2.75) is 25.7 Å². The van der Waals surface area contributed by atoms with Gasteiger partial charge in [0.2, 0.25) is 0 Å². The third kappa shape index (κ3) is 2.15. The molecule has 0 spiro atoms. The fourth-order valence-electron chi connectivity index (χ4n) is 1.82. The van der Waals surface area contributed by atoms with Crippen molar-refractivity contribution in [3.8, 4) is 11.3 Å². The summed E-state index contributed by atoms with van der Waals surface area (Å²) < 4.78 is 5.63. The molecule has 0 bridgehead atoms. The Morgan fingerprint density at radius 2 is 2.00 bits per heavy atom. The first-order valence-electron chi connectivity index (χ1n) is 5.41. The van der Waals surface area contributed by atoms with Crippen molar-refractivity contribution in [3.63, 3.8) is 0 Å². The van der Waals surface area contributed by atoms with E-state index in [9.17, 15) is 4.79 Å². The number of hydrogen-bond acceptors (Lipinski definition) is 3. The maximum absolute atomic E-state index is 11.4. The predicted molar refractivity (Wildman–Crippen MR) is 70.9 cm³/mol. The molecule has 17 heavy (non-hydrogen) atoms. The van der Waals surface area contributed by atoms with Crippen molar-refractivity contribution >= 4 is 18.4 Å². The lowest BCUT2D eigenvalue weighted by atomic mass is 10.1. The van der Waals surface area contributed by atoms with E-state index in [-0.39, 0.29) is 5.78 Å². The lowest BCUT2D eigenvalue weighted by Crippen LogP contribution is -1.90. The molecule has 0 fully saturated rings. The van der Waals surface area contributed by atoms with Crippen LogP contribution in [0.25, 0.3) is 11.3 Å². The van der Waals surface area contributed by atoms with Crippen molar-refractivity contribution in [3.05, 3.63) is 41.2 Å². The topological polar surface area (TPSA) is 30.2 Å². The largest absolute Gasteiger partial charge is 0.461 e. The first-order chi connectivity index (χ1) is 8.00. The lowest BCUT2D eigenvalue weighted by Gasteiger charge is -2.04. The maximum Gasteiger partial charge on any atom is 0.163 e. The summed E-state index contributed by atoms with van der Waals surface area (Å²) in [6.45, 7) is 5.33. The molecular formula is C14H14O2S. The van der Waals surface area contributed by atoms with Crippen molar-refractivity contribution in [1.82, 2.24) is 0 Å². The van der Waals surface area contributed by atoms with E-state index in [2.05, 4.69) is 12.6 Å². The summed E-state index contributed by atoms with van der Waals surface area (Å²) >= 11 is 4.47. The van der Waals surface area contributed by atoms with Gasteiger partial charge in [-0.25, -0.2) is 0 Å². The average molecular weight is 246 g/mol. The minimum Gasteiger partial charge on any atom is -0.461 e. The summed E-state index contributed by atoms with van der Waals surface area (Å²) in [5, 5.41) is 0. The quantitative estimate of drug-likeness (QED) is 0.640. The fraction of sp³-hybridized carbons (Fsp3) is 0.214. The summed E-state index contributed by atoms with van der Waals surface area (Å²) in [5.74, 6) is 1.37. The van der Waals surface area contributed by atoms with Crippen LogP contribution in [0.5, 0.6) is 0 Å². The average Bonchev–Trinajstić information content (AvgIpc) is 2.64. The van der Waals surface area contributed by atoms with Crippen LogP contribution in [0, 0.1) is 13.8 Å². The standard InChI is InChI=1S/C14H14O2S/c1-8-5-4-6-11(14(8)17)13-7-12(9(2)15)10(3)16-13/h4-7,17H,1-3H3. The van der Waals surface area contributed by atoms with Gasteiger partial charge in [-0.1, -0.05) is 18.2 Å². The van der Waals surface area contributed by atoms with Gasteiger partial charge in [0, 0.05) is 10.5 Å².